The van der Waals surface area contributed by atoms with Gasteiger partial charge in [-0.25, -0.2) is 4.79 Å². The van der Waals surface area contributed by atoms with Gasteiger partial charge in [0, 0.05) is 19.1 Å². The molecular weight excluding hydrogens is 228 g/mol. The molecular formula is C14H26N2O2. The van der Waals surface area contributed by atoms with Crippen molar-refractivity contribution in [2.45, 2.75) is 64.6 Å². The predicted octanol–water partition coefficient (Wildman–Crippen LogP) is 2.38. The number of fused-ring (bicyclic) bond motifs is 1. The molecule has 104 valence electrons. The highest BCUT2D eigenvalue weighted by Crippen LogP contribution is 2.32. The van der Waals surface area contributed by atoms with Crippen molar-refractivity contribution in [1.29, 1.82) is 0 Å². The van der Waals surface area contributed by atoms with E-state index in [1.807, 2.05) is 25.7 Å². The van der Waals surface area contributed by atoms with Crippen LogP contribution in [0, 0.1) is 5.92 Å². The van der Waals surface area contributed by atoms with Crippen molar-refractivity contribution in [3.8, 4) is 0 Å². The molecule has 0 aliphatic carbocycles. The molecule has 2 aliphatic rings. The first-order valence-electron chi connectivity index (χ1n) is 7.13. The van der Waals surface area contributed by atoms with Crippen LogP contribution in [0.15, 0.2) is 0 Å². The number of carbonyl (C=O) groups excluding carboxylic acids is 1. The fourth-order valence-corrected chi connectivity index (χ4v) is 3.06. The zero-order valence-electron chi connectivity index (χ0n) is 12.0. The minimum atomic E-state index is -0.400. The van der Waals surface area contributed by atoms with Crippen molar-refractivity contribution in [3.05, 3.63) is 0 Å². The van der Waals surface area contributed by atoms with Crippen LogP contribution in [-0.2, 0) is 4.74 Å². The number of rotatable bonds is 1. The Morgan fingerprint density at radius 3 is 2.78 bits per heavy atom. The summed E-state index contributed by atoms with van der Waals surface area (Å²) in [4.78, 5) is 14.1. The van der Waals surface area contributed by atoms with Gasteiger partial charge in [-0.05, 0) is 46.0 Å². The summed E-state index contributed by atoms with van der Waals surface area (Å²) in [5.41, 5.74) is -0.400. The molecule has 0 saturated carbocycles. The molecule has 0 radical (unpaired) electrons. The Morgan fingerprint density at radius 1 is 1.44 bits per heavy atom. The minimum absolute atomic E-state index is 0.147. The normalized spacial score (nSPS) is 32.2. The molecule has 2 heterocycles. The van der Waals surface area contributed by atoms with Gasteiger partial charge >= 0.3 is 6.09 Å². The molecule has 0 aromatic heterocycles. The van der Waals surface area contributed by atoms with Gasteiger partial charge in [0.2, 0.25) is 0 Å². The average Bonchev–Trinajstić information content (AvgIpc) is 2.69. The van der Waals surface area contributed by atoms with Gasteiger partial charge in [0.1, 0.15) is 5.60 Å². The maximum Gasteiger partial charge on any atom is 0.410 e. The quantitative estimate of drug-likeness (QED) is 0.781. The second kappa shape index (κ2) is 5.08. The lowest BCUT2D eigenvalue weighted by Gasteiger charge is -2.36. The minimum Gasteiger partial charge on any atom is -0.444 e. The Kier molecular flexibility index (Phi) is 3.85. The van der Waals surface area contributed by atoms with Crippen LogP contribution in [0.3, 0.4) is 0 Å². The number of piperidine rings is 1. The Balaban J connectivity index is 1.95. The van der Waals surface area contributed by atoms with Crippen LogP contribution in [0.25, 0.3) is 0 Å². The van der Waals surface area contributed by atoms with Crippen LogP contribution < -0.4 is 5.32 Å². The van der Waals surface area contributed by atoms with Gasteiger partial charge < -0.3 is 15.0 Å². The van der Waals surface area contributed by atoms with Gasteiger partial charge in [-0.15, -0.1) is 0 Å². The second-order valence-corrected chi connectivity index (χ2v) is 6.54. The molecule has 4 heteroatoms. The number of likely N-dealkylation sites (tertiary alicyclic amines) is 1. The van der Waals surface area contributed by atoms with Crippen molar-refractivity contribution in [1.82, 2.24) is 10.2 Å². The van der Waals surface area contributed by atoms with E-state index >= 15 is 0 Å². The standard InChI is InChI=1S/C14H26N2O2/c1-5-11-8-10-6-7-16(12(10)9-15-11)13(17)18-14(2,3)4/h10-12,15H,5-9H2,1-4H3/t10-,11-,12+/m1/s1. The lowest BCUT2D eigenvalue weighted by molar-refractivity contribution is 0.0183. The monoisotopic (exact) mass is 254 g/mol. The number of hydrogen-bond acceptors (Lipinski definition) is 3. The molecule has 0 unspecified atom stereocenters. The lowest BCUT2D eigenvalue weighted by atomic mass is 9.88. The number of carbonyl (C=O) groups is 1. The molecule has 18 heavy (non-hydrogen) atoms. The predicted molar refractivity (Wildman–Crippen MR) is 71.5 cm³/mol. The fraction of sp³-hybridized carbons (Fsp3) is 0.929. The Hall–Kier alpha value is -0.770. The summed E-state index contributed by atoms with van der Waals surface area (Å²) < 4.78 is 5.48. The maximum absolute atomic E-state index is 12.1. The first kappa shape index (κ1) is 13.7. The van der Waals surface area contributed by atoms with E-state index in [1.165, 1.54) is 12.8 Å². The third kappa shape index (κ3) is 2.97. The molecule has 0 aromatic carbocycles. The molecule has 3 atom stereocenters. The van der Waals surface area contributed by atoms with E-state index < -0.39 is 5.60 Å². The topological polar surface area (TPSA) is 41.6 Å². The molecule has 4 nitrogen and oxygen atoms in total. The first-order chi connectivity index (χ1) is 8.40. The van der Waals surface area contributed by atoms with E-state index in [4.69, 9.17) is 4.74 Å². The average molecular weight is 254 g/mol. The highest BCUT2D eigenvalue weighted by atomic mass is 16.6. The molecule has 0 bridgehead atoms. The maximum atomic E-state index is 12.1. The van der Waals surface area contributed by atoms with E-state index in [-0.39, 0.29) is 6.09 Å². The SMILES string of the molecule is CC[C@@H]1C[C@H]2CCN(C(=O)OC(C)(C)C)[C@H]2CN1. The Morgan fingerprint density at radius 2 is 2.17 bits per heavy atom. The number of amides is 1. The van der Waals surface area contributed by atoms with Crippen molar-refractivity contribution >= 4 is 6.09 Å². The van der Waals surface area contributed by atoms with E-state index in [2.05, 4.69) is 12.2 Å². The van der Waals surface area contributed by atoms with Crippen LogP contribution in [0.5, 0.6) is 0 Å². The molecule has 0 aromatic rings. The van der Waals surface area contributed by atoms with Gasteiger partial charge in [-0.3, -0.25) is 0 Å². The number of ether oxygens (including phenoxy) is 1. The zero-order valence-corrected chi connectivity index (χ0v) is 12.0. The summed E-state index contributed by atoms with van der Waals surface area (Å²) in [5, 5.41) is 3.54. The number of nitrogens with zero attached hydrogens (tertiary/aromatic N) is 1. The van der Waals surface area contributed by atoms with Crippen LogP contribution in [0.1, 0.15) is 47.0 Å². The summed E-state index contributed by atoms with van der Waals surface area (Å²) >= 11 is 0. The zero-order chi connectivity index (χ0) is 13.3. The largest absolute Gasteiger partial charge is 0.444 e. The third-order valence-corrected chi connectivity index (χ3v) is 4.01. The molecule has 2 rings (SSSR count). The summed E-state index contributed by atoms with van der Waals surface area (Å²) in [6.45, 7) is 9.75. The highest BCUT2D eigenvalue weighted by Gasteiger charge is 2.41. The molecule has 2 aliphatic heterocycles. The second-order valence-electron chi connectivity index (χ2n) is 6.54. The molecule has 2 saturated heterocycles. The van der Waals surface area contributed by atoms with Gasteiger partial charge in [0.05, 0.1) is 6.04 Å². The number of hydrogen-bond donors (Lipinski definition) is 1. The summed E-state index contributed by atoms with van der Waals surface area (Å²) in [6.07, 6.45) is 3.35. The first-order valence-corrected chi connectivity index (χ1v) is 7.13. The smallest absolute Gasteiger partial charge is 0.410 e. The van der Waals surface area contributed by atoms with E-state index in [0.717, 1.165) is 19.5 Å². The van der Waals surface area contributed by atoms with Crippen LogP contribution in [0.4, 0.5) is 4.79 Å². The van der Waals surface area contributed by atoms with Crippen LogP contribution in [0.2, 0.25) is 0 Å². The van der Waals surface area contributed by atoms with Gasteiger partial charge in [0.25, 0.3) is 0 Å². The number of nitrogens with one attached hydrogen (secondary N) is 1. The Bertz CT molecular complexity index is 311. The Labute approximate surface area is 110 Å². The van der Waals surface area contributed by atoms with E-state index in [9.17, 15) is 4.79 Å². The van der Waals surface area contributed by atoms with E-state index in [1.54, 1.807) is 0 Å². The van der Waals surface area contributed by atoms with Crippen molar-refractivity contribution in [2.24, 2.45) is 5.92 Å². The highest BCUT2D eigenvalue weighted by molar-refractivity contribution is 5.69. The lowest BCUT2D eigenvalue weighted by Crippen LogP contribution is -2.52. The van der Waals surface area contributed by atoms with E-state index in [0.29, 0.717) is 18.0 Å². The van der Waals surface area contributed by atoms with Crippen molar-refractivity contribution in [2.75, 3.05) is 13.1 Å². The van der Waals surface area contributed by atoms with Crippen LogP contribution >= 0.6 is 0 Å². The molecule has 1 amide bonds. The fourth-order valence-electron chi connectivity index (χ4n) is 3.06. The van der Waals surface area contributed by atoms with Gasteiger partial charge in [-0.1, -0.05) is 6.92 Å². The summed E-state index contributed by atoms with van der Waals surface area (Å²) in [6, 6.07) is 0.965. The van der Waals surface area contributed by atoms with Crippen molar-refractivity contribution < 1.29 is 9.53 Å². The van der Waals surface area contributed by atoms with Gasteiger partial charge in [-0.2, -0.15) is 0 Å². The summed E-state index contributed by atoms with van der Waals surface area (Å²) in [7, 11) is 0. The van der Waals surface area contributed by atoms with Crippen LogP contribution in [-0.4, -0.2) is 41.8 Å². The summed E-state index contributed by atoms with van der Waals surface area (Å²) in [5.74, 6) is 0.656. The van der Waals surface area contributed by atoms with Gasteiger partial charge in [0.15, 0.2) is 0 Å². The molecule has 0 spiro atoms. The molecule has 1 N–H and O–H groups in total. The third-order valence-electron chi connectivity index (χ3n) is 4.01. The van der Waals surface area contributed by atoms with Crippen molar-refractivity contribution in [3.63, 3.8) is 0 Å². The molecule has 2 fully saturated rings.